The van der Waals surface area contributed by atoms with Gasteiger partial charge in [0.15, 0.2) is 24.3 Å². The number of hydrogen-bond acceptors (Lipinski definition) is 10. The number of benzene rings is 2. The fraction of sp³-hybridized carbons (Fsp3) is 0.308. The van der Waals surface area contributed by atoms with Crippen LogP contribution < -0.4 is 30.3 Å². The van der Waals surface area contributed by atoms with Crippen LogP contribution in [0.15, 0.2) is 58.8 Å². The molecule has 38 heavy (non-hydrogen) atoms. The number of hydrogen-bond donors (Lipinski definition) is 4. The molecule has 0 saturated carbocycles. The van der Waals surface area contributed by atoms with E-state index in [9.17, 15) is 14.7 Å². The molecule has 1 aliphatic heterocycles. The van der Waals surface area contributed by atoms with Crippen molar-refractivity contribution in [2.45, 2.75) is 26.1 Å². The van der Waals surface area contributed by atoms with Crippen LogP contribution in [0.1, 0.15) is 31.0 Å². The van der Waals surface area contributed by atoms with Crippen molar-refractivity contribution in [3.8, 4) is 23.3 Å². The summed E-state index contributed by atoms with van der Waals surface area (Å²) >= 11 is 0. The average Bonchev–Trinajstić information content (AvgIpc) is 2.91. The molecule has 0 radical (unpaired) electrons. The summed E-state index contributed by atoms with van der Waals surface area (Å²) in [7, 11) is 1.27. The van der Waals surface area contributed by atoms with Crippen molar-refractivity contribution in [3.05, 3.63) is 64.9 Å². The van der Waals surface area contributed by atoms with E-state index in [1.54, 1.807) is 56.3 Å². The van der Waals surface area contributed by atoms with E-state index < -0.39 is 24.3 Å². The van der Waals surface area contributed by atoms with E-state index in [0.717, 1.165) is 0 Å². The number of nitrogens with one attached hydrogen (secondary N) is 3. The number of carbonyl (C=O) groups excluding carboxylic acids is 2. The second-order valence-corrected chi connectivity index (χ2v) is 7.90. The minimum absolute atomic E-state index is 0.0976. The number of urea groups is 1. The lowest BCUT2D eigenvalue weighted by Crippen LogP contribution is -2.45. The number of carbonyl (C=O) groups is 2. The quantitative estimate of drug-likeness (QED) is 0.141. The minimum atomic E-state index is -1.16. The van der Waals surface area contributed by atoms with Gasteiger partial charge in [-0.3, -0.25) is 5.43 Å². The van der Waals surface area contributed by atoms with Gasteiger partial charge in [-0.05, 0) is 43.7 Å². The highest BCUT2D eigenvalue weighted by Crippen LogP contribution is 2.34. The van der Waals surface area contributed by atoms with E-state index in [-0.39, 0.29) is 18.8 Å². The molecule has 1 heterocycles. The van der Waals surface area contributed by atoms with Gasteiger partial charge in [0.05, 0.1) is 31.5 Å². The first-order valence-electron chi connectivity index (χ1n) is 11.7. The first-order chi connectivity index (χ1) is 18.4. The third-order valence-electron chi connectivity index (χ3n) is 5.31. The Balaban J connectivity index is 1.69. The topological polar surface area (TPSA) is 164 Å². The van der Waals surface area contributed by atoms with E-state index in [0.29, 0.717) is 40.7 Å². The number of rotatable bonds is 12. The number of aliphatic hydroxyl groups excluding tert-OH is 1. The fourth-order valence-corrected chi connectivity index (χ4v) is 3.64. The number of nitriles is 1. The van der Waals surface area contributed by atoms with Crippen LogP contribution in [-0.4, -0.2) is 56.5 Å². The maximum atomic E-state index is 12.4. The smallest absolute Gasteiger partial charge is 0.337 e. The number of para-hydroxylation sites is 1. The van der Waals surface area contributed by atoms with E-state index >= 15 is 0 Å². The summed E-state index contributed by atoms with van der Waals surface area (Å²) in [6.45, 7) is 3.48. The molecular weight excluding hydrogens is 494 g/mol. The van der Waals surface area contributed by atoms with Crippen molar-refractivity contribution in [1.29, 1.82) is 5.26 Å². The van der Waals surface area contributed by atoms with Gasteiger partial charge in [0, 0.05) is 11.3 Å². The minimum Gasteiger partial charge on any atom is -0.490 e. The Kier molecular flexibility index (Phi) is 9.90. The summed E-state index contributed by atoms with van der Waals surface area (Å²) in [5.74, 6) is 0.611. The molecule has 1 aliphatic rings. The van der Waals surface area contributed by atoms with Crippen molar-refractivity contribution in [2.24, 2.45) is 5.10 Å². The van der Waals surface area contributed by atoms with E-state index in [1.165, 1.54) is 13.3 Å². The fourth-order valence-electron chi connectivity index (χ4n) is 3.64. The highest BCUT2D eigenvalue weighted by molar-refractivity contribution is 5.95. The van der Waals surface area contributed by atoms with Crippen molar-refractivity contribution in [1.82, 2.24) is 16.1 Å². The Bertz CT molecular complexity index is 1250. The van der Waals surface area contributed by atoms with Crippen molar-refractivity contribution < 1.29 is 33.6 Å². The van der Waals surface area contributed by atoms with Crippen LogP contribution >= 0.6 is 0 Å². The molecule has 2 aromatic carbocycles. The third-order valence-corrected chi connectivity index (χ3v) is 5.31. The summed E-state index contributed by atoms with van der Waals surface area (Å²) in [4.78, 5) is 24.5. The number of amides is 2. The van der Waals surface area contributed by atoms with E-state index in [1.807, 2.05) is 6.07 Å². The number of methoxy groups -OCH3 is 1. The molecule has 12 nitrogen and oxygen atoms in total. The molecule has 12 heteroatoms. The molecule has 3 rings (SSSR count). The second-order valence-electron chi connectivity index (χ2n) is 7.90. The predicted molar refractivity (Wildman–Crippen MR) is 137 cm³/mol. The summed E-state index contributed by atoms with van der Waals surface area (Å²) < 4.78 is 21.7. The maximum Gasteiger partial charge on any atom is 0.337 e. The number of ether oxygens (including phenoxy) is 4. The second kappa shape index (κ2) is 13.5. The number of nitrogens with zero attached hydrogens (tertiary/aromatic N) is 2. The summed E-state index contributed by atoms with van der Waals surface area (Å²) in [6.07, 6.45) is 0.297. The van der Waals surface area contributed by atoms with Gasteiger partial charge >= 0.3 is 12.0 Å². The Labute approximate surface area is 219 Å². The van der Waals surface area contributed by atoms with Gasteiger partial charge in [0.2, 0.25) is 0 Å². The first-order valence-corrected chi connectivity index (χ1v) is 11.7. The standard InChI is InChI=1S/C26H29N5O7/c1-4-36-21-13-17(24-23(25(33)35-3)16(2)29-26(34)30-24)9-10-20(21)38-15-22(32)31-28-14-18-7-5-6-8-19(18)37-12-11-27/h5-10,13-14,22,24,31-32H,4,12,15H2,1-3H3,(H2,29,30,34)/b28-14-/t22-,24-/m0/s1. The monoisotopic (exact) mass is 523 g/mol. The van der Waals surface area contributed by atoms with Crippen LogP contribution in [0.5, 0.6) is 17.2 Å². The van der Waals surface area contributed by atoms with Gasteiger partial charge in [0.25, 0.3) is 0 Å². The summed E-state index contributed by atoms with van der Waals surface area (Å²) in [6, 6.07) is 12.7. The Morgan fingerprint density at radius 3 is 2.74 bits per heavy atom. The Morgan fingerprint density at radius 1 is 1.21 bits per heavy atom. The van der Waals surface area contributed by atoms with Crippen LogP contribution in [0, 0.1) is 11.3 Å². The lowest BCUT2D eigenvalue weighted by atomic mass is 9.95. The summed E-state index contributed by atoms with van der Waals surface area (Å²) in [5, 5.41) is 28.3. The van der Waals surface area contributed by atoms with Crippen LogP contribution in [0.3, 0.4) is 0 Å². The zero-order chi connectivity index (χ0) is 27.5. The molecule has 0 unspecified atom stereocenters. The molecule has 0 aromatic heterocycles. The SMILES string of the molecule is CCOc1cc([C@@H]2NC(=O)NC(C)=C2C(=O)OC)ccc1OC[C@H](O)N/N=C\c1ccccc1OCC#N. The van der Waals surface area contributed by atoms with Crippen molar-refractivity contribution in [3.63, 3.8) is 0 Å². The molecule has 0 spiro atoms. The predicted octanol–water partition coefficient (Wildman–Crippen LogP) is 2.11. The number of allylic oxidation sites excluding steroid dienone is 1. The maximum absolute atomic E-state index is 12.4. The highest BCUT2D eigenvalue weighted by Gasteiger charge is 2.32. The van der Waals surface area contributed by atoms with Crippen LogP contribution in [0.25, 0.3) is 0 Å². The van der Waals surface area contributed by atoms with Gasteiger partial charge in [-0.2, -0.15) is 10.4 Å². The molecule has 200 valence electrons. The van der Waals surface area contributed by atoms with Gasteiger partial charge in [-0.1, -0.05) is 18.2 Å². The highest BCUT2D eigenvalue weighted by atomic mass is 16.5. The van der Waals surface area contributed by atoms with Crippen LogP contribution in [0.2, 0.25) is 0 Å². The molecule has 0 saturated heterocycles. The van der Waals surface area contributed by atoms with Gasteiger partial charge in [-0.25, -0.2) is 9.59 Å². The molecule has 4 N–H and O–H groups in total. The third kappa shape index (κ3) is 7.14. The largest absolute Gasteiger partial charge is 0.490 e. The van der Waals surface area contributed by atoms with E-state index in [2.05, 4.69) is 21.2 Å². The molecule has 2 aromatic rings. The zero-order valence-corrected chi connectivity index (χ0v) is 21.2. The average molecular weight is 524 g/mol. The molecule has 0 fully saturated rings. The Morgan fingerprint density at radius 2 is 2.00 bits per heavy atom. The molecular formula is C26H29N5O7. The van der Waals surface area contributed by atoms with Gasteiger partial charge < -0.3 is 34.7 Å². The Hall–Kier alpha value is -4.76. The molecule has 2 amide bonds. The zero-order valence-electron chi connectivity index (χ0n) is 21.2. The molecule has 2 atom stereocenters. The number of esters is 1. The van der Waals surface area contributed by atoms with E-state index in [4.69, 9.17) is 24.2 Å². The number of aliphatic hydroxyl groups is 1. The van der Waals surface area contributed by atoms with Crippen molar-refractivity contribution in [2.75, 3.05) is 26.9 Å². The van der Waals surface area contributed by atoms with Crippen molar-refractivity contribution >= 4 is 18.2 Å². The first kappa shape index (κ1) is 27.8. The number of hydrazone groups is 1. The molecule has 0 bridgehead atoms. The summed E-state index contributed by atoms with van der Waals surface area (Å²) in [5.41, 5.74) is 4.41. The lowest BCUT2D eigenvalue weighted by molar-refractivity contribution is -0.136. The van der Waals surface area contributed by atoms with Crippen LogP contribution in [0.4, 0.5) is 4.79 Å². The van der Waals surface area contributed by atoms with Crippen LogP contribution in [-0.2, 0) is 9.53 Å². The lowest BCUT2D eigenvalue weighted by Gasteiger charge is -2.28. The molecule has 0 aliphatic carbocycles. The van der Waals surface area contributed by atoms with Gasteiger partial charge in [0.1, 0.15) is 18.4 Å². The normalized spacial score (nSPS) is 15.7. The van der Waals surface area contributed by atoms with Gasteiger partial charge in [-0.15, -0.1) is 0 Å².